The van der Waals surface area contributed by atoms with Crippen LogP contribution in [0, 0.1) is 29.6 Å². The van der Waals surface area contributed by atoms with Crippen LogP contribution in [-0.2, 0) is 0 Å². The second-order valence-electron chi connectivity index (χ2n) is 4.97. The Labute approximate surface area is 82.5 Å². The molecule has 0 heterocycles. The number of aliphatic hydroxyl groups is 1. The zero-order chi connectivity index (χ0) is 10.0. The highest BCUT2D eigenvalue weighted by Gasteiger charge is 2.40. The van der Waals surface area contributed by atoms with E-state index in [0.717, 1.165) is 36.0 Å². The van der Waals surface area contributed by atoms with Gasteiger partial charge in [0.15, 0.2) is 0 Å². The Hall–Kier alpha value is -0.0400. The molecule has 0 amide bonds. The van der Waals surface area contributed by atoms with E-state index in [2.05, 4.69) is 27.7 Å². The van der Waals surface area contributed by atoms with Gasteiger partial charge in [-0.1, -0.05) is 27.7 Å². The lowest BCUT2D eigenvalue weighted by Crippen LogP contribution is -2.13. The molecule has 4 atom stereocenters. The minimum atomic E-state index is 0.360. The van der Waals surface area contributed by atoms with Gasteiger partial charge in [0.05, 0.1) is 0 Å². The van der Waals surface area contributed by atoms with Gasteiger partial charge in [0.1, 0.15) is 0 Å². The maximum Gasteiger partial charge on any atom is 0.0431 e. The molecule has 0 saturated heterocycles. The fourth-order valence-corrected chi connectivity index (χ4v) is 3.07. The smallest absolute Gasteiger partial charge is 0.0431 e. The fraction of sp³-hybridized carbons (Fsp3) is 1.00. The van der Waals surface area contributed by atoms with Gasteiger partial charge < -0.3 is 5.11 Å². The van der Waals surface area contributed by atoms with Crippen LogP contribution < -0.4 is 0 Å². The number of aliphatic hydroxyl groups excluding tert-OH is 1. The van der Waals surface area contributed by atoms with Crippen molar-refractivity contribution in [3.05, 3.63) is 0 Å². The van der Waals surface area contributed by atoms with E-state index in [1.54, 1.807) is 0 Å². The van der Waals surface area contributed by atoms with Crippen molar-refractivity contribution in [2.45, 2.75) is 40.5 Å². The Kier molecular flexibility index (Phi) is 3.78. The lowest BCUT2D eigenvalue weighted by molar-refractivity contribution is 0.236. The van der Waals surface area contributed by atoms with E-state index in [0.29, 0.717) is 6.61 Å². The second-order valence-corrected chi connectivity index (χ2v) is 4.97. The van der Waals surface area contributed by atoms with E-state index in [-0.39, 0.29) is 0 Å². The lowest BCUT2D eigenvalue weighted by Gasteiger charge is -2.20. The highest BCUT2D eigenvalue weighted by atomic mass is 16.2. The third kappa shape index (κ3) is 2.07. The predicted octanol–water partition coefficient (Wildman–Crippen LogP) is 2.93. The first-order valence-electron chi connectivity index (χ1n) is 5.70. The van der Waals surface area contributed by atoms with Crippen LogP contribution in [0.5, 0.6) is 0 Å². The third-order valence-electron chi connectivity index (χ3n) is 4.53. The zero-order valence-corrected chi connectivity index (χ0v) is 9.46. The molecule has 0 radical (unpaired) electrons. The first-order valence-corrected chi connectivity index (χ1v) is 5.70. The Morgan fingerprint density at radius 3 is 1.69 bits per heavy atom. The normalized spacial score (nSPS) is 45.5. The van der Waals surface area contributed by atoms with Gasteiger partial charge in [0.2, 0.25) is 0 Å². The molecule has 0 aromatic carbocycles. The van der Waals surface area contributed by atoms with Crippen LogP contribution in [0.15, 0.2) is 0 Å². The minimum Gasteiger partial charge on any atom is -0.396 e. The van der Waals surface area contributed by atoms with E-state index in [1.807, 2.05) is 0 Å². The molecular weight excluding hydrogens is 160 g/mol. The van der Waals surface area contributed by atoms with Crippen LogP contribution in [0.1, 0.15) is 40.5 Å². The van der Waals surface area contributed by atoms with E-state index >= 15 is 0 Å². The molecule has 1 saturated carbocycles. The molecular formula is C12H24O. The Morgan fingerprint density at radius 2 is 1.31 bits per heavy atom. The predicted molar refractivity (Wildman–Crippen MR) is 56.5 cm³/mol. The molecule has 1 rings (SSSR count). The molecule has 0 aromatic rings. The van der Waals surface area contributed by atoms with Crippen molar-refractivity contribution in [2.24, 2.45) is 29.6 Å². The van der Waals surface area contributed by atoms with Crippen molar-refractivity contribution in [3.63, 3.8) is 0 Å². The molecule has 13 heavy (non-hydrogen) atoms. The molecule has 1 N–H and O–H groups in total. The summed E-state index contributed by atoms with van der Waals surface area (Å²) >= 11 is 0. The van der Waals surface area contributed by atoms with E-state index in [4.69, 9.17) is 5.11 Å². The van der Waals surface area contributed by atoms with E-state index in [1.165, 1.54) is 6.42 Å². The summed E-state index contributed by atoms with van der Waals surface area (Å²) in [4.78, 5) is 0. The molecule has 0 aromatic heterocycles. The largest absolute Gasteiger partial charge is 0.396 e. The summed E-state index contributed by atoms with van der Waals surface area (Å²) in [6, 6.07) is 0. The molecule has 1 fully saturated rings. The van der Waals surface area contributed by atoms with Crippen molar-refractivity contribution in [3.8, 4) is 0 Å². The van der Waals surface area contributed by atoms with Crippen LogP contribution >= 0.6 is 0 Å². The average molecular weight is 184 g/mol. The van der Waals surface area contributed by atoms with E-state index in [9.17, 15) is 0 Å². The highest BCUT2D eigenvalue weighted by Crippen LogP contribution is 2.47. The lowest BCUT2D eigenvalue weighted by atomic mass is 9.86. The van der Waals surface area contributed by atoms with Crippen LogP contribution in [0.4, 0.5) is 0 Å². The van der Waals surface area contributed by atoms with Crippen LogP contribution in [0.2, 0.25) is 0 Å². The minimum absolute atomic E-state index is 0.360. The standard InChI is InChI=1S/C12H24O/c1-8-9(2)11(4)12(10(8)3)6-5-7-13/h8-13H,5-7H2,1-4H3. The van der Waals surface area contributed by atoms with Gasteiger partial charge in [-0.3, -0.25) is 0 Å². The summed E-state index contributed by atoms with van der Waals surface area (Å²) in [6.07, 6.45) is 2.20. The SMILES string of the molecule is CC1C(C)C(C)C(CCCO)C1C. The van der Waals surface area contributed by atoms with Gasteiger partial charge in [-0.2, -0.15) is 0 Å². The summed E-state index contributed by atoms with van der Waals surface area (Å²) in [5.41, 5.74) is 0. The summed E-state index contributed by atoms with van der Waals surface area (Å²) in [5.74, 6) is 4.25. The van der Waals surface area contributed by atoms with Gasteiger partial charge in [0.25, 0.3) is 0 Å². The monoisotopic (exact) mass is 184 g/mol. The Balaban J connectivity index is 2.53. The van der Waals surface area contributed by atoms with Crippen molar-refractivity contribution >= 4 is 0 Å². The summed E-state index contributed by atoms with van der Waals surface area (Å²) in [6.45, 7) is 9.88. The third-order valence-corrected chi connectivity index (χ3v) is 4.53. The van der Waals surface area contributed by atoms with Crippen LogP contribution in [0.25, 0.3) is 0 Å². The fourth-order valence-electron chi connectivity index (χ4n) is 3.07. The molecule has 1 heteroatoms. The first kappa shape index (κ1) is 11.0. The molecule has 1 nitrogen and oxygen atoms in total. The van der Waals surface area contributed by atoms with Crippen molar-refractivity contribution in [1.29, 1.82) is 0 Å². The maximum atomic E-state index is 8.83. The molecule has 4 unspecified atom stereocenters. The molecule has 78 valence electrons. The second kappa shape index (κ2) is 4.45. The van der Waals surface area contributed by atoms with E-state index < -0.39 is 0 Å². The van der Waals surface area contributed by atoms with Gasteiger partial charge in [-0.15, -0.1) is 0 Å². The number of hydrogen-bond acceptors (Lipinski definition) is 1. The van der Waals surface area contributed by atoms with Gasteiger partial charge in [-0.05, 0) is 42.4 Å². The molecule has 0 aliphatic heterocycles. The summed E-state index contributed by atoms with van der Waals surface area (Å²) < 4.78 is 0. The molecule has 1 aliphatic carbocycles. The van der Waals surface area contributed by atoms with Crippen molar-refractivity contribution < 1.29 is 5.11 Å². The van der Waals surface area contributed by atoms with Gasteiger partial charge >= 0.3 is 0 Å². The zero-order valence-electron chi connectivity index (χ0n) is 9.46. The van der Waals surface area contributed by atoms with Crippen LogP contribution in [0.3, 0.4) is 0 Å². The summed E-state index contributed by atoms with van der Waals surface area (Å²) in [5, 5.41) is 8.83. The topological polar surface area (TPSA) is 20.2 Å². The first-order chi connectivity index (χ1) is 6.09. The van der Waals surface area contributed by atoms with Crippen molar-refractivity contribution in [1.82, 2.24) is 0 Å². The van der Waals surface area contributed by atoms with Crippen molar-refractivity contribution in [2.75, 3.05) is 6.61 Å². The number of hydrogen-bond donors (Lipinski definition) is 1. The van der Waals surface area contributed by atoms with Gasteiger partial charge in [0, 0.05) is 6.61 Å². The molecule has 1 aliphatic rings. The van der Waals surface area contributed by atoms with Gasteiger partial charge in [-0.25, -0.2) is 0 Å². The molecule has 0 bridgehead atoms. The quantitative estimate of drug-likeness (QED) is 0.715. The Bertz CT molecular complexity index is 141. The van der Waals surface area contributed by atoms with Crippen LogP contribution in [-0.4, -0.2) is 11.7 Å². The number of rotatable bonds is 3. The Morgan fingerprint density at radius 1 is 0.846 bits per heavy atom. The maximum absolute atomic E-state index is 8.83. The average Bonchev–Trinajstić information content (AvgIpc) is 2.30. The molecule has 0 spiro atoms. The summed E-state index contributed by atoms with van der Waals surface area (Å²) in [7, 11) is 0. The highest BCUT2D eigenvalue weighted by molar-refractivity contribution is 4.89.